The van der Waals surface area contributed by atoms with Crippen LogP contribution in [-0.4, -0.2) is 35.6 Å². The summed E-state index contributed by atoms with van der Waals surface area (Å²) < 4.78 is 0. The van der Waals surface area contributed by atoms with E-state index in [0.29, 0.717) is 6.42 Å². The van der Waals surface area contributed by atoms with Crippen molar-refractivity contribution in [2.24, 2.45) is 10.8 Å². The number of nitrogens with zero attached hydrogens (tertiary/aromatic N) is 1. The summed E-state index contributed by atoms with van der Waals surface area (Å²) >= 11 is 0. The molecule has 3 heteroatoms. The minimum atomic E-state index is -0.672. The molecule has 3 nitrogen and oxygen atoms in total. The molecular weight excluding hydrogens is 202 g/mol. The molecule has 0 unspecified atom stereocenters. The third-order valence-electron chi connectivity index (χ3n) is 4.20. The monoisotopic (exact) mass is 225 g/mol. The van der Waals surface area contributed by atoms with Crippen LogP contribution in [0.5, 0.6) is 0 Å². The molecule has 92 valence electrons. The summed E-state index contributed by atoms with van der Waals surface area (Å²) in [6.45, 7) is 8.10. The van der Waals surface area contributed by atoms with Crippen LogP contribution in [0.4, 0.5) is 0 Å². The van der Waals surface area contributed by atoms with Crippen LogP contribution in [0.1, 0.15) is 46.0 Å². The second-order valence-electron chi connectivity index (χ2n) is 6.52. The number of hydrogen-bond acceptors (Lipinski definition) is 2. The molecule has 1 saturated heterocycles. The largest absolute Gasteiger partial charge is 0.481 e. The van der Waals surface area contributed by atoms with Crippen LogP contribution in [0, 0.1) is 10.8 Å². The zero-order valence-corrected chi connectivity index (χ0v) is 10.5. The van der Waals surface area contributed by atoms with Crippen LogP contribution in [-0.2, 0) is 4.79 Å². The van der Waals surface area contributed by atoms with Gasteiger partial charge in [-0.05, 0) is 43.1 Å². The van der Waals surface area contributed by atoms with Gasteiger partial charge < -0.3 is 10.0 Å². The molecule has 1 N–H and O–H groups in total. The minimum absolute atomic E-state index is 0.171. The first kappa shape index (κ1) is 11.9. The fourth-order valence-corrected chi connectivity index (χ4v) is 2.58. The molecule has 1 saturated carbocycles. The Kier molecular flexibility index (Phi) is 2.99. The van der Waals surface area contributed by atoms with E-state index in [1.165, 1.54) is 25.9 Å². The minimum Gasteiger partial charge on any atom is -0.481 e. The Morgan fingerprint density at radius 1 is 1.31 bits per heavy atom. The number of carbonyl (C=O) groups is 1. The second kappa shape index (κ2) is 4.02. The lowest BCUT2D eigenvalue weighted by Gasteiger charge is -2.41. The molecule has 2 aliphatic rings. The van der Waals surface area contributed by atoms with E-state index in [-0.39, 0.29) is 5.41 Å². The van der Waals surface area contributed by atoms with E-state index in [9.17, 15) is 4.79 Å². The van der Waals surface area contributed by atoms with E-state index in [1.54, 1.807) is 0 Å². The van der Waals surface area contributed by atoms with E-state index in [1.807, 2.05) is 0 Å². The maximum atomic E-state index is 10.5. The Balaban J connectivity index is 1.62. The van der Waals surface area contributed by atoms with Crippen molar-refractivity contribution in [3.05, 3.63) is 0 Å². The van der Waals surface area contributed by atoms with Crippen molar-refractivity contribution in [1.82, 2.24) is 4.90 Å². The quantitative estimate of drug-likeness (QED) is 0.754. The smallest absolute Gasteiger partial charge is 0.303 e. The van der Waals surface area contributed by atoms with Gasteiger partial charge in [-0.3, -0.25) is 4.79 Å². The molecule has 0 atom stereocenters. The summed E-state index contributed by atoms with van der Waals surface area (Å²) in [5.74, 6) is -0.672. The summed E-state index contributed by atoms with van der Waals surface area (Å²) in [5.41, 5.74) is 0.913. The van der Waals surface area contributed by atoms with Crippen LogP contribution in [0.3, 0.4) is 0 Å². The highest BCUT2D eigenvalue weighted by atomic mass is 16.4. The summed E-state index contributed by atoms with van der Waals surface area (Å²) in [5, 5.41) is 8.68. The summed E-state index contributed by atoms with van der Waals surface area (Å²) in [4.78, 5) is 13.1. The predicted molar refractivity (Wildman–Crippen MR) is 63.4 cm³/mol. The molecular formula is C13H23NO2. The van der Waals surface area contributed by atoms with Crippen molar-refractivity contribution in [3.8, 4) is 0 Å². The van der Waals surface area contributed by atoms with Crippen molar-refractivity contribution in [3.63, 3.8) is 0 Å². The first-order valence-electron chi connectivity index (χ1n) is 6.35. The molecule has 0 aromatic rings. The molecule has 0 aromatic carbocycles. The van der Waals surface area contributed by atoms with Crippen LogP contribution in [0.25, 0.3) is 0 Å². The number of carboxylic acids is 1. The predicted octanol–water partition coefficient (Wildman–Crippen LogP) is 2.36. The molecule has 0 aromatic heterocycles. The Bertz CT molecular complexity index is 274. The van der Waals surface area contributed by atoms with Crippen LogP contribution < -0.4 is 0 Å². The van der Waals surface area contributed by atoms with Gasteiger partial charge in [0.1, 0.15) is 0 Å². The lowest BCUT2D eigenvalue weighted by Crippen LogP contribution is -2.49. The standard InChI is InChI=1S/C13H23NO2/c1-12(2,4-3-11(15)16)7-8-14-9-13(10-14)5-6-13/h3-10H2,1-2H3,(H,15,16). The molecule has 2 fully saturated rings. The normalized spacial score (nSPS) is 23.1. The average Bonchev–Trinajstić information content (AvgIpc) is 2.90. The highest BCUT2D eigenvalue weighted by Gasteiger charge is 2.51. The molecule has 0 bridgehead atoms. The molecule has 1 aliphatic heterocycles. The number of rotatable bonds is 6. The first-order chi connectivity index (χ1) is 7.41. The Morgan fingerprint density at radius 2 is 1.94 bits per heavy atom. The van der Waals surface area contributed by atoms with Gasteiger partial charge in [-0.1, -0.05) is 13.8 Å². The van der Waals surface area contributed by atoms with Crippen molar-refractivity contribution >= 4 is 5.97 Å². The van der Waals surface area contributed by atoms with Gasteiger partial charge in [-0.25, -0.2) is 0 Å². The van der Waals surface area contributed by atoms with Gasteiger partial charge in [0.15, 0.2) is 0 Å². The van der Waals surface area contributed by atoms with Crippen molar-refractivity contribution in [1.29, 1.82) is 0 Å². The topological polar surface area (TPSA) is 40.5 Å². The average molecular weight is 225 g/mol. The van der Waals surface area contributed by atoms with Crippen molar-refractivity contribution < 1.29 is 9.90 Å². The number of aliphatic carboxylic acids is 1. The van der Waals surface area contributed by atoms with Gasteiger partial charge in [0, 0.05) is 19.5 Å². The lowest BCUT2D eigenvalue weighted by atomic mass is 9.83. The molecule has 2 rings (SSSR count). The fourth-order valence-electron chi connectivity index (χ4n) is 2.58. The van der Waals surface area contributed by atoms with Crippen LogP contribution in [0.15, 0.2) is 0 Å². The highest BCUT2D eigenvalue weighted by Crippen LogP contribution is 2.52. The maximum absolute atomic E-state index is 10.5. The second-order valence-corrected chi connectivity index (χ2v) is 6.52. The van der Waals surface area contributed by atoms with Crippen molar-refractivity contribution in [2.45, 2.75) is 46.0 Å². The lowest BCUT2D eigenvalue weighted by molar-refractivity contribution is -0.137. The van der Waals surface area contributed by atoms with Gasteiger partial charge in [-0.2, -0.15) is 0 Å². The maximum Gasteiger partial charge on any atom is 0.303 e. The molecule has 0 radical (unpaired) electrons. The number of carboxylic acid groups (broad SMARTS) is 1. The number of hydrogen-bond donors (Lipinski definition) is 1. The third-order valence-corrected chi connectivity index (χ3v) is 4.20. The summed E-state index contributed by atoms with van der Waals surface area (Å²) in [7, 11) is 0. The summed E-state index contributed by atoms with van der Waals surface area (Å²) in [6, 6.07) is 0. The Labute approximate surface area is 97.8 Å². The fraction of sp³-hybridized carbons (Fsp3) is 0.923. The van der Waals surface area contributed by atoms with Gasteiger partial charge in [0.25, 0.3) is 0 Å². The van der Waals surface area contributed by atoms with Gasteiger partial charge in [0.2, 0.25) is 0 Å². The molecule has 0 amide bonds. The van der Waals surface area contributed by atoms with Gasteiger partial charge in [0.05, 0.1) is 0 Å². The van der Waals surface area contributed by atoms with E-state index >= 15 is 0 Å². The van der Waals surface area contributed by atoms with E-state index < -0.39 is 5.97 Å². The van der Waals surface area contributed by atoms with E-state index in [4.69, 9.17) is 5.11 Å². The van der Waals surface area contributed by atoms with Gasteiger partial charge in [-0.15, -0.1) is 0 Å². The molecule has 1 aliphatic carbocycles. The zero-order chi connectivity index (χ0) is 11.8. The zero-order valence-electron chi connectivity index (χ0n) is 10.5. The van der Waals surface area contributed by atoms with Crippen LogP contribution in [0.2, 0.25) is 0 Å². The molecule has 1 spiro atoms. The SMILES string of the molecule is CC(C)(CCC(=O)O)CCN1CC2(CC2)C1. The molecule has 1 heterocycles. The van der Waals surface area contributed by atoms with Gasteiger partial charge >= 0.3 is 5.97 Å². The van der Waals surface area contributed by atoms with E-state index in [0.717, 1.165) is 24.8 Å². The Morgan fingerprint density at radius 3 is 2.44 bits per heavy atom. The highest BCUT2D eigenvalue weighted by molar-refractivity contribution is 5.66. The third kappa shape index (κ3) is 2.97. The van der Waals surface area contributed by atoms with E-state index in [2.05, 4.69) is 18.7 Å². The Hall–Kier alpha value is -0.570. The van der Waals surface area contributed by atoms with Crippen LogP contribution >= 0.6 is 0 Å². The van der Waals surface area contributed by atoms with Crippen molar-refractivity contribution in [2.75, 3.05) is 19.6 Å². The molecule has 16 heavy (non-hydrogen) atoms. The number of likely N-dealkylation sites (tertiary alicyclic amines) is 1. The first-order valence-corrected chi connectivity index (χ1v) is 6.35. The summed E-state index contributed by atoms with van der Waals surface area (Å²) in [6.07, 6.45) is 5.09.